The summed E-state index contributed by atoms with van der Waals surface area (Å²) in [5.41, 5.74) is 0.676. The van der Waals surface area contributed by atoms with Gasteiger partial charge < -0.3 is 10.4 Å². The van der Waals surface area contributed by atoms with Crippen molar-refractivity contribution in [3.8, 4) is 0 Å². The highest BCUT2D eigenvalue weighted by Gasteiger charge is 2.04. The monoisotopic (exact) mass is 299 g/mol. The lowest BCUT2D eigenvalue weighted by molar-refractivity contribution is 0.0952. The number of aliphatic hydroxyl groups is 1. The summed E-state index contributed by atoms with van der Waals surface area (Å²) in [6.07, 6.45) is 3.86. The van der Waals surface area contributed by atoms with Crippen LogP contribution in [0.15, 0.2) is 28.7 Å². The van der Waals surface area contributed by atoms with E-state index in [4.69, 9.17) is 5.11 Å². The molecule has 3 nitrogen and oxygen atoms in total. The van der Waals surface area contributed by atoms with Crippen molar-refractivity contribution in [2.45, 2.75) is 25.7 Å². The van der Waals surface area contributed by atoms with Crippen LogP contribution in [0.2, 0.25) is 0 Å². The third-order valence-electron chi connectivity index (χ3n) is 2.46. The first-order valence-corrected chi connectivity index (χ1v) is 6.68. The molecule has 0 spiro atoms. The van der Waals surface area contributed by atoms with Crippen molar-refractivity contribution < 1.29 is 9.90 Å². The molecule has 2 N–H and O–H groups in total. The molecule has 0 aliphatic carbocycles. The Morgan fingerprint density at radius 3 is 2.71 bits per heavy atom. The molecule has 1 rings (SSSR count). The van der Waals surface area contributed by atoms with Gasteiger partial charge in [-0.25, -0.2) is 0 Å². The van der Waals surface area contributed by atoms with Crippen molar-refractivity contribution >= 4 is 21.8 Å². The summed E-state index contributed by atoms with van der Waals surface area (Å²) in [5, 5.41) is 11.5. The van der Waals surface area contributed by atoms with Crippen LogP contribution in [0.5, 0.6) is 0 Å². The van der Waals surface area contributed by atoms with Gasteiger partial charge in [0, 0.05) is 23.2 Å². The zero-order valence-electron chi connectivity index (χ0n) is 9.79. The number of hydrogen-bond donors (Lipinski definition) is 2. The van der Waals surface area contributed by atoms with Crippen molar-refractivity contribution in [1.29, 1.82) is 0 Å². The average Bonchev–Trinajstić information content (AvgIpc) is 2.33. The van der Waals surface area contributed by atoms with Crippen LogP contribution in [0.1, 0.15) is 36.0 Å². The van der Waals surface area contributed by atoms with Gasteiger partial charge in [-0.3, -0.25) is 4.79 Å². The van der Waals surface area contributed by atoms with E-state index in [9.17, 15) is 4.79 Å². The molecule has 0 radical (unpaired) electrons. The van der Waals surface area contributed by atoms with Crippen LogP contribution in [0.3, 0.4) is 0 Å². The minimum atomic E-state index is -0.0338. The zero-order valence-corrected chi connectivity index (χ0v) is 11.4. The second-order valence-corrected chi connectivity index (χ2v) is 4.82. The maximum absolute atomic E-state index is 11.7. The molecule has 1 aromatic rings. The lowest BCUT2D eigenvalue weighted by Gasteiger charge is -2.05. The number of carbonyl (C=O) groups is 1. The Bertz CT molecular complexity index is 355. The molecule has 4 heteroatoms. The maximum atomic E-state index is 11.7. The minimum Gasteiger partial charge on any atom is -0.396 e. The molecule has 1 amide bonds. The van der Waals surface area contributed by atoms with Crippen molar-refractivity contribution in [3.63, 3.8) is 0 Å². The first-order chi connectivity index (χ1) is 8.24. The number of aliphatic hydroxyl groups excluding tert-OH is 1. The number of hydrogen-bond acceptors (Lipinski definition) is 2. The Balaban J connectivity index is 2.21. The van der Waals surface area contributed by atoms with E-state index in [2.05, 4.69) is 21.2 Å². The van der Waals surface area contributed by atoms with E-state index in [1.807, 2.05) is 12.1 Å². The van der Waals surface area contributed by atoms with E-state index in [1.54, 1.807) is 12.1 Å². The van der Waals surface area contributed by atoms with Gasteiger partial charge in [0.1, 0.15) is 0 Å². The Morgan fingerprint density at radius 2 is 2.00 bits per heavy atom. The van der Waals surface area contributed by atoms with Crippen LogP contribution < -0.4 is 5.32 Å². The van der Waals surface area contributed by atoms with Crippen LogP contribution in [0.25, 0.3) is 0 Å². The fourth-order valence-corrected chi connectivity index (χ4v) is 1.92. The van der Waals surface area contributed by atoms with E-state index < -0.39 is 0 Å². The lowest BCUT2D eigenvalue weighted by atomic mass is 10.2. The molecule has 0 saturated carbocycles. The summed E-state index contributed by atoms with van der Waals surface area (Å²) in [6, 6.07) is 7.35. The normalized spacial score (nSPS) is 10.2. The van der Waals surface area contributed by atoms with Crippen LogP contribution in [-0.2, 0) is 0 Å². The van der Waals surface area contributed by atoms with E-state index >= 15 is 0 Å². The summed E-state index contributed by atoms with van der Waals surface area (Å²) in [6.45, 7) is 0.946. The van der Waals surface area contributed by atoms with Gasteiger partial charge >= 0.3 is 0 Å². The molecule has 0 aliphatic rings. The first kappa shape index (κ1) is 14.2. The molecule has 1 aromatic carbocycles. The number of unbranched alkanes of at least 4 members (excludes halogenated alkanes) is 3. The first-order valence-electron chi connectivity index (χ1n) is 5.88. The second-order valence-electron chi connectivity index (χ2n) is 3.90. The molecule has 0 bridgehead atoms. The fraction of sp³-hybridized carbons (Fsp3) is 0.462. The SMILES string of the molecule is O=C(NCCCCCCO)c1cccc(Br)c1. The van der Waals surface area contributed by atoms with Crippen molar-refractivity contribution in [2.24, 2.45) is 0 Å². The number of halogens is 1. The number of rotatable bonds is 7. The standard InChI is InChI=1S/C13H18BrNO2/c14-12-7-5-6-11(10-12)13(17)15-8-3-1-2-4-9-16/h5-7,10,16H,1-4,8-9H2,(H,15,17). The van der Waals surface area contributed by atoms with Crippen molar-refractivity contribution in [3.05, 3.63) is 34.3 Å². The number of nitrogens with one attached hydrogen (secondary N) is 1. The van der Waals surface area contributed by atoms with Gasteiger partial charge in [-0.2, -0.15) is 0 Å². The quantitative estimate of drug-likeness (QED) is 0.761. The van der Waals surface area contributed by atoms with Gasteiger partial charge in [-0.15, -0.1) is 0 Å². The fourth-order valence-electron chi connectivity index (χ4n) is 1.52. The highest BCUT2D eigenvalue weighted by atomic mass is 79.9. The minimum absolute atomic E-state index is 0.0338. The summed E-state index contributed by atoms with van der Waals surface area (Å²) in [4.78, 5) is 11.7. The largest absolute Gasteiger partial charge is 0.396 e. The third kappa shape index (κ3) is 5.84. The van der Waals surface area contributed by atoms with E-state index in [0.29, 0.717) is 12.1 Å². The molecule has 0 atom stereocenters. The van der Waals surface area contributed by atoms with Crippen LogP contribution in [-0.4, -0.2) is 24.2 Å². The van der Waals surface area contributed by atoms with E-state index in [-0.39, 0.29) is 12.5 Å². The smallest absolute Gasteiger partial charge is 0.251 e. The van der Waals surface area contributed by atoms with Gasteiger partial charge in [-0.05, 0) is 31.0 Å². The predicted molar refractivity (Wildman–Crippen MR) is 72.0 cm³/mol. The molecular weight excluding hydrogens is 282 g/mol. The Labute approximate surface area is 110 Å². The van der Waals surface area contributed by atoms with Crippen LogP contribution >= 0.6 is 15.9 Å². The Kier molecular flexibility index (Phi) is 6.89. The highest BCUT2D eigenvalue weighted by molar-refractivity contribution is 9.10. The summed E-state index contributed by atoms with van der Waals surface area (Å²) >= 11 is 3.34. The lowest BCUT2D eigenvalue weighted by Crippen LogP contribution is -2.24. The second kappa shape index (κ2) is 8.25. The molecule has 0 saturated heterocycles. The van der Waals surface area contributed by atoms with Gasteiger partial charge in [0.15, 0.2) is 0 Å². The zero-order chi connectivity index (χ0) is 12.5. The van der Waals surface area contributed by atoms with Crippen molar-refractivity contribution in [1.82, 2.24) is 5.32 Å². The molecule has 0 heterocycles. The van der Waals surface area contributed by atoms with Crippen LogP contribution in [0.4, 0.5) is 0 Å². The number of carbonyl (C=O) groups excluding carboxylic acids is 1. The molecule has 0 fully saturated rings. The van der Waals surface area contributed by atoms with E-state index in [1.165, 1.54) is 0 Å². The predicted octanol–water partition coefficient (Wildman–Crippen LogP) is 2.73. The van der Waals surface area contributed by atoms with Gasteiger partial charge in [0.25, 0.3) is 5.91 Å². The molecule has 0 aromatic heterocycles. The van der Waals surface area contributed by atoms with Gasteiger partial charge in [-0.1, -0.05) is 34.8 Å². The molecular formula is C13H18BrNO2. The molecule has 0 unspecified atom stereocenters. The number of amides is 1. The highest BCUT2D eigenvalue weighted by Crippen LogP contribution is 2.11. The summed E-state index contributed by atoms with van der Waals surface area (Å²) in [7, 11) is 0. The summed E-state index contributed by atoms with van der Waals surface area (Å²) < 4.78 is 0.910. The van der Waals surface area contributed by atoms with Crippen molar-refractivity contribution in [2.75, 3.05) is 13.2 Å². The van der Waals surface area contributed by atoms with E-state index in [0.717, 1.165) is 30.2 Å². The Hall–Kier alpha value is -0.870. The van der Waals surface area contributed by atoms with Gasteiger partial charge in [0.2, 0.25) is 0 Å². The number of benzene rings is 1. The molecule has 17 heavy (non-hydrogen) atoms. The average molecular weight is 300 g/mol. The van der Waals surface area contributed by atoms with Gasteiger partial charge in [0.05, 0.1) is 0 Å². The Morgan fingerprint density at radius 1 is 1.24 bits per heavy atom. The van der Waals surface area contributed by atoms with Crippen LogP contribution in [0, 0.1) is 0 Å². The summed E-state index contributed by atoms with van der Waals surface area (Å²) in [5.74, 6) is -0.0338. The molecule has 0 aliphatic heterocycles. The maximum Gasteiger partial charge on any atom is 0.251 e. The molecule has 94 valence electrons. The third-order valence-corrected chi connectivity index (χ3v) is 2.95. The topological polar surface area (TPSA) is 49.3 Å².